The second-order valence-electron chi connectivity index (χ2n) is 5.61. The van der Waals surface area contributed by atoms with Crippen LogP contribution in [0.1, 0.15) is 37.1 Å². The van der Waals surface area contributed by atoms with Gasteiger partial charge in [-0.2, -0.15) is 0 Å². The first-order chi connectivity index (χ1) is 10.2. The molecule has 0 unspecified atom stereocenters. The standard InChI is InChI=1S/C16H20N4O/c1-13(21)19-9-5-8-15(11-19)16-18-17-12-20(16)10-14-6-3-2-4-7-14/h2-4,6-7,12,15H,5,8-11H2,1H3/t15-/m1/s1. The predicted molar refractivity (Wildman–Crippen MR) is 79.8 cm³/mol. The lowest BCUT2D eigenvalue weighted by Crippen LogP contribution is -2.38. The van der Waals surface area contributed by atoms with Crippen LogP contribution in [0.5, 0.6) is 0 Å². The molecule has 0 spiro atoms. The van der Waals surface area contributed by atoms with E-state index in [0.717, 1.165) is 38.3 Å². The lowest BCUT2D eigenvalue weighted by atomic mass is 9.97. The van der Waals surface area contributed by atoms with E-state index in [1.165, 1.54) is 5.56 Å². The van der Waals surface area contributed by atoms with E-state index in [1.807, 2.05) is 23.1 Å². The third kappa shape index (κ3) is 3.12. The average Bonchev–Trinajstić information content (AvgIpc) is 2.96. The molecule has 5 nitrogen and oxygen atoms in total. The van der Waals surface area contributed by atoms with Crippen molar-refractivity contribution in [2.45, 2.75) is 32.2 Å². The third-order valence-electron chi connectivity index (χ3n) is 4.07. The van der Waals surface area contributed by atoms with Crippen molar-refractivity contribution in [2.75, 3.05) is 13.1 Å². The minimum Gasteiger partial charge on any atom is -0.342 e. The van der Waals surface area contributed by atoms with E-state index in [9.17, 15) is 4.79 Å². The summed E-state index contributed by atoms with van der Waals surface area (Å²) in [5.74, 6) is 1.42. The molecule has 2 aromatic rings. The van der Waals surface area contributed by atoms with Crippen LogP contribution in [-0.4, -0.2) is 38.7 Å². The largest absolute Gasteiger partial charge is 0.342 e. The van der Waals surface area contributed by atoms with Crippen molar-refractivity contribution in [3.05, 3.63) is 48.0 Å². The number of rotatable bonds is 3. The first-order valence-electron chi connectivity index (χ1n) is 7.41. The molecule has 5 heteroatoms. The third-order valence-corrected chi connectivity index (χ3v) is 4.07. The highest BCUT2D eigenvalue weighted by atomic mass is 16.2. The number of aromatic nitrogens is 3. The number of likely N-dealkylation sites (tertiary alicyclic amines) is 1. The van der Waals surface area contributed by atoms with Crippen LogP contribution in [0, 0.1) is 0 Å². The van der Waals surface area contributed by atoms with Crippen LogP contribution >= 0.6 is 0 Å². The first-order valence-corrected chi connectivity index (χ1v) is 7.41. The number of hydrogen-bond acceptors (Lipinski definition) is 3. The van der Waals surface area contributed by atoms with Gasteiger partial charge in [0, 0.05) is 25.9 Å². The van der Waals surface area contributed by atoms with Gasteiger partial charge in [0.1, 0.15) is 12.2 Å². The molecule has 0 saturated carbocycles. The minimum atomic E-state index is 0.147. The maximum absolute atomic E-state index is 11.6. The summed E-state index contributed by atoms with van der Waals surface area (Å²) in [6.07, 6.45) is 3.88. The maximum Gasteiger partial charge on any atom is 0.219 e. The Hall–Kier alpha value is -2.17. The zero-order valence-electron chi connectivity index (χ0n) is 12.3. The van der Waals surface area contributed by atoms with Crippen molar-refractivity contribution in [3.8, 4) is 0 Å². The van der Waals surface area contributed by atoms with Crippen LogP contribution in [0.15, 0.2) is 36.7 Å². The van der Waals surface area contributed by atoms with Gasteiger partial charge < -0.3 is 9.47 Å². The van der Waals surface area contributed by atoms with Crippen molar-refractivity contribution in [3.63, 3.8) is 0 Å². The lowest BCUT2D eigenvalue weighted by molar-refractivity contribution is -0.130. The Kier molecular flexibility index (Phi) is 3.99. The summed E-state index contributed by atoms with van der Waals surface area (Å²) in [5, 5.41) is 8.38. The van der Waals surface area contributed by atoms with Crippen LogP contribution in [0.2, 0.25) is 0 Å². The van der Waals surface area contributed by atoms with Crippen LogP contribution in [0.3, 0.4) is 0 Å². The molecule has 1 amide bonds. The van der Waals surface area contributed by atoms with Crippen molar-refractivity contribution in [2.24, 2.45) is 0 Å². The highest BCUT2D eigenvalue weighted by Gasteiger charge is 2.26. The molecule has 1 aliphatic rings. The zero-order valence-corrected chi connectivity index (χ0v) is 12.3. The van der Waals surface area contributed by atoms with Gasteiger partial charge in [0.2, 0.25) is 5.91 Å². The zero-order chi connectivity index (χ0) is 14.7. The molecule has 1 aromatic carbocycles. The van der Waals surface area contributed by atoms with E-state index in [-0.39, 0.29) is 11.8 Å². The molecule has 3 rings (SSSR count). The normalized spacial score (nSPS) is 18.7. The quantitative estimate of drug-likeness (QED) is 0.867. The van der Waals surface area contributed by atoms with Gasteiger partial charge in [-0.05, 0) is 18.4 Å². The predicted octanol–water partition coefficient (Wildman–Crippen LogP) is 2.05. The van der Waals surface area contributed by atoms with Gasteiger partial charge in [-0.15, -0.1) is 10.2 Å². The smallest absolute Gasteiger partial charge is 0.219 e. The molecule has 0 N–H and O–H groups in total. The van der Waals surface area contributed by atoms with Gasteiger partial charge in [0.25, 0.3) is 0 Å². The molecule has 2 heterocycles. The monoisotopic (exact) mass is 284 g/mol. The number of amides is 1. The molecular weight excluding hydrogens is 264 g/mol. The highest BCUT2D eigenvalue weighted by Crippen LogP contribution is 2.25. The number of carbonyl (C=O) groups excluding carboxylic acids is 1. The molecule has 0 radical (unpaired) electrons. The van der Waals surface area contributed by atoms with E-state index >= 15 is 0 Å². The fraction of sp³-hybridized carbons (Fsp3) is 0.438. The van der Waals surface area contributed by atoms with Crippen LogP contribution in [-0.2, 0) is 11.3 Å². The molecule has 1 aromatic heterocycles. The van der Waals surface area contributed by atoms with Gasteiger partial charge in [-0.3, -0.25) is 4.79 Å². The molecule has 0 aliphatic carbocycles. The number of carbonyl (C=O) groups is 1. The fourth-order valence-corrected chi connectivity index (χ4v) is 2.96. The fourth-order valence-electron chi connectivity index (χ4n) is 2.96. The highest BCUT2D eigenvalue weighted by molar-refractivity contribution is 5.73. The van der Waals surface area contributed by atoms with E-state index in [0.29, 0.717) is 0 Å². The average molecular weight is 284 g/mol. The van der Waals surface area contributed by atoms with E-state index < -0.39 is 0 Å². The number of benzene rings is 1. The van der Waals surface area contributed by atoms with E-state index in [1.54, 1.807) is 13.3 Å². The van der Waals surface area contributed by atoms with Crippen molar-refractivity contribution < 1.29 is 4.79 Å². The summed E-state index contributed by atoms with van der Waals surface area (Å²) in [7, 11) is 0. The summed E-state index contributed by atoms with van der Waals surface area (Å²) >= 11 is 0. The summed E-state index contributed by atoms with van der Waals surface area (Å²) < 4.78 is 2.10. The van der Waals surface area contributed by atoms with Gasteiger partial charge >= 0.3 is 0 Å². The van der Waals surface area contributed by atoms with Crippen LogP contribution in [0.4, 0.5) is 0 Å². The molecular formula is C16H20N4O. The summed E-state index contributed by atoms with van der Waals surface area (Å²) in [6, 6.07) is 10.3. The SMILES string of the molecule is CC(=O)N1CCC[C@@H](c2nncn2Cc2ccccc2)C1. The number of hydrogen-bond donors (Lipinski definition) is 0. The second kappa shape index (κ2) is 6.08. The van der Waals surface area contributed by atoms with Crippen LogP contribution in [0.25, 0.3) is 0 Å². The Bertz CT molecular complexity index is 608. The summed E-state index contributed by atoms with van der Waals surface area (Å²) in [6.45, 7) is 4.03. The Morgan fingerprint density at radius 1 is 1.33 bits per heavy atom. The van der Waals surface area contributed by atoms with Crippen molar-refractivity contribution >= 4 is 5.91 Å². The van der Waals surface area contributed by atoms with E-state index in [2.05, 4.69) is 26.9 Å². The molecule has 110 valence electrons. The van der Waals surface area contributed by atoms with Gasteiger partial charge in [-0.1, -0.05) is 30.3 Å². The molecule has 21 heavy (non-hydrogen) atoms. The van der Waals surface area contributed by atoms with Gasteiger partial charge in [-0.25, -0.2) is 0 Å². The van der Waals surface area contributed by atoms with Crippen LogP contribution < -0.4 is 0 Å². The Morgan fingerprint density at radius 3 is 2.90 bits per heavy atom. The van der Waals surface area contributed by atoms with Gasteiger partial charge in [0.15, 0.2) is 0 Å². The Labute approximate surface area is 124 Å². The van der Waals surface area contributed by atoms with Gasteiger partial charge in [0.05, 0.1) is 6.54 Å². The molecule has 1 fully saturated rings. The van der Waals surface area contributed by atoms with Crippen molar-refractivity contribution in [1.29, 1.82) is 0 Å². The number of piperidine rings is 1. The summed E-state index contributed by atoms with van der Waals surface area (Å²) in [4.78, 5) is 13.5. The number of nitrogens with zero attached hydrogens (tertiary/aromatic N) is 4. The topological polar surface area (TPSA) is 51.0 Å². The Balaban J connectivity index is 1.77. The minimum absolute atomic E-state index is 0.147. The second-order valence-corrected chi connectivity index (χ2v) is 5.61. The molecule has 0 bridgehead atoms. The molecule has 1 atom stereocenters. The maximum atomic E-state index is 11.6. The summed E-state index contributed by atoms with van der Waals surface area (Å²) in [5.41, 5.74) is 1.23. The van der Waals surface area contributed by atoms with Crippen molar-refractivity contribution in [1.82, 2.24) is 19.7 Å². The first kappa shape index (κ1) is 13.8. The lowest BCUT2D eigenvalue weighted by Gasteiger charge is -2.31. The van der Waals surface area contributed by atoms with E-state index in [4.69, 9.17) is 0 Å². The molecule has 1 saturated heterocycles. The molecule has 1 aliphatic heterocycles. The Morgan fingerprint density at radius 2 is 2.14 bits per heavy atom.